The summed E-state index contributed by atoms with van der Waals surface area (Å²) in [5.41, 5.74) is 6.28. The van der Waals surface area contributed by atoms with E-state index in [9.17, 15) is 4.79 Å². The molecule has 1 saturated carbocycles. The highest BCUT2D eigenvalue weighted by Crippen LogP contribution is 2.28. The lowest BCUT2D eigenvalue weighted by Crippen LogP contribution is -2.41. The molecule has 1 fully saturated rings. The Labute approximate surface area is 161 Å². The van der Waals surface area contributed by atoms with Crippen LogP contribution in [0, 0.1) is 0 Å². The number of amides is 2. The van der Waals surface area contributed by atoms with E-state index in [-0.39, 0.29) is 6.03 Å². The topological polar surface area (TPSA) is 35.6 Å². The van der Waals surface area contributed by atoms with Crippen LogP contribution < -0.4 is 5.32 Å². The number of nitrogens with zero attached hydrogens (tertiary/aromatic N) is 2. The van der Waals surface area contributed by atoms with E-state index in [1.165, 1.54) is 48.1 Å². The first-order valence-corrected chi connectivity index (χ1v) is 10.2. The monoisotopic (exact) mass is 361 g/mol. The molecule has 2 heterocycles. The standard InChI is InChI=1S/C23H27N3O/c27-23(26-15-19-4-1-2-5-20(19)16-26)24-21-9-8-17-10-12-25(22-6-3-7-22)13-11-18(17)14-21/h1-2,4-5,8-9,14,22H,3,6-7,10-13,15-16H2,(H,24,27). The van der Waals surface area contributed by atoms with Gasteiger partial charge in [-0.2, -0.15) is 0 Å². The van der Waals surface area contributed by atoms with Gasteiger partial charge in [0.2, 0.25) is 0 Å². The van der Waals surface area contributed by atoms with Crippen LogP contribution in [0.3, 0.4) is 0 Å². The number of carbonyl (C=O) groups is 1. The van der Waals surface area contributed by atoms with Crippen LogP contribution in [0.25, 0.3) is 0 Å². The molecule has 2 amide bonds. The van der Waals surface area contributed by atoms with Gasteiger partial charge in [0, 0.05) is 37.9 Å². The number of urea groups is 1. The average molecular weight is 361 g/mol. The zero-order valence-electron chi connectivity index (χ0n) is 15.8. The summed E-state index contributed by atoms with van der Waals surface area (Å²) in [7, 11) is 0. The van der Waals surface area contributed by atoms with E-state index >= 15 is 0 Å². The molecular formula is C23H27N3O. The summed E-state index contributed by atoms with van der Waals surface area (Å²) in [6.45, 7) is 3.72. The maximum atomic E-state index is 12.7. The zero-order valence-corrected chi connectivity index (χ0v) is 15.8. The molecule has 0 bridgehead atoms. The molecule has 27 heavy (non-hydrogen) atoms. The molecule has 140 valence electrons. The fraction of sp³-hybridized carbons (Fsp3) is 0.435. The van der Waals surface area contributed by atoms with Crippen LogP contribution in [-0.2, 0) is 25.9 Å². The van der Waals surface area contributed by atoms with Crippen molar-refractivity contribution in [1.82, 2.24) is 9.80 Å². The molecule has 2 aromatic carbocycles. The summed E-state index contributed by atoms with van der Waals surface area (Å²) in [5, 5.41) is 3.12. The van der Waals surface area contributed by atoms with Crippen LogP contribution in [0.2, 0.25) is 0 Å². The fourth-order valence-corrected chi connectivity index (χ4v) is 4.62. The molecule has 0 saturated heterocycles. The van der Waals surface area contributed by atoms with Crippen LogP contribution in [-0.4, -0.2) is 35.0 Å². The third-order valence-electron chi connectivity index (χ3n) is 6.51. The fourth-order valence-electron chi connectivity index (χ4n) is 4.62. The van der Waals surface area contributed by atoms with Gasteiger partial charge in [-0.15, -0.1) is 0 Å². The minimum absolute atomic E-state index is 0.00383. The minimum atomic E-state index is -0.00383. The van der Waals surface area contributed by atoms with E-state index in [4.69, 9.17) is 0 Å². The molecule has 4 heteroatoms. The second kappa shape index (κ2) is 7.01. The van der Waals surface area contributed by atoms with Gasteiger partial charge in [0.1, 0.15) is 0 Å². The number of anilines is 1. The summed E-state index contributed by atoms with van der Waals surface area (Å²) in [6, 6.07) is 15.6. The van der Waals surface area contributed by atoms with Gasteiger partial charge >= 0.3 is 6.03 Å². The van der Waals surface area contributed by atoms with Crippen LogP contribution in [0.1, 0.15) is 41.5 Å². The molecule has 0 spiro atoms. The van der Waals surface area contributed by atoms with Crippen LogP contribution in [0.15, 0.2) is 42.5 Å². The Balaban J connectivity index is 1.25. The number of benzene rings is 2. The minimum Gasteiger partial charge on any atom is -0.316 e. The Bertz CT molecular complexity index is 833. The largest absolute Gasteiger partial charge is 0.322 e. The van der Waals surface area contributed by atoms with Gasteiger partial charge in [-0.05, 0) is 60.1 Å². The first-order valence-electron chi connectivity index (χ1n) is 10.2. The Morgan fingerprint density at radius 3 is 2.26 bits per heavy atom. The van der Waals surface area contributed by atoms with Gasteiger partial charge in [-0.25, -0.2) is 4.79 Å². The SMILES string of the molecule is O=C(Nc1ccc2c(c1)CCN(C1CCC1)CC2)N1Cc2ccccc2C1. The quantitative estimate of drug-likeness (QED) is 0.871. The Hall–Kier alpha value is -2.33. The number of hydrogen-bond donors (Lipinski definition) is 1. The molecule has 1 N–H and O–H groups in total. The molecule has 5 rings (SSSR count). The molecule has 0 unspecified atom stereocenters. The highest BCUT2D eigenvalue weighted by molar-refractivity contribution is 5.89. The van der Waals surface area contributed by atoms with Crippen molar-refractivity contribution in [2.45, 2.75) is 51.2 Å². The van der Waals surface area contributed by atoms with Crippen LogP contribution in [0.5, 0.6) is 0 Å². The molecule has 1 aliphatic carbocycles. The summed E-state index contributed by atoms with van der Waals surface area (Å²) < 4.78 is 0. The van der Waals surface area contributed by atoms with Crippen molar-refractivity contribution in [3.8, 4) is 0 Å². The smallest absolute Gasteiger partial charge is 0.316 e. The van der Waals surface area contributed by atoms with Crippen molar-refractivity contribution in [3.05, 3.63) is 64.7 Å². The number of hydrogen-bond acceptors (Lipinski definition) is 2. The molecule has 0 atom stereocenters. The summed E-state index contributed by atoms with van der Waals surface area (Å²) in [5.74, 6) is 0. The van der Waals surface area contributed by atoms with Crippen molar-refractivity contribution in [2.24, 2.45) is 0 Å². The van der Waals surface area contributed by atoms with Gasteiger partial charge in [-0.3, -0.25) is 4.90 Å². The lowest BCUT2D eigenvalue weighted by molar-refractivity contribution is 0.133. The molecule has 4 nitrogen and oxygen atoms in total. The predicted molar refractivity (Wildman–Crippen MR) is 108 cm³/mol. The van der Waals surface area contributed by atoms with Gasteiger partial charge in [-0.1, -0.05) is 36.8 Å². The normalized spacial score (nSPS) is 19.8. The average Bonchev–Trinajstić information content (AvgIpc) is 2.97. The van der Waals surface area contributed by atoms with Gasteiger partial charge in [0.25, 0.3) is 0 Å². The van der Waals surface area contributed by atoms with E-state index in [1.54, 1.807) is 0 Å². The van der Waals surface area contributed by atoms with Crippen molar-refractivity contribution >= 4 is 11.7 Å². The number of nitrogens with one attached hydrogen (secondary N) is 1. The summed E-state index contributed by atoms with van der Waals surface area (Å²) in [6.07, 6.45) is 6.35. The highest BCUT2D eigenvalue weighted by Gasteiger charge is 2.27. The van der Waals surface area contributed by atoms with Crippen LogP contribution in [0.4, 0.5) is 10.5 Å². The van der Waals surface area contributed by atoms with E-state index in [0.29, 0.717) is 13.1 Å². The predicted octanol–water partition coefficient (Wildman–Crippen LogP) is 4.19. The molecule has 0 radical (unpaired) electrons. The van der Waals surface area contributed by atoms with E-state index in [0.717, 1.165) is 31.1 Å². The van der Waals surface area contributed by atoms with E-state index in [1.807, 2.05) is 17.0 Å². The van der Waals surface area contributed by atoms with E-state index < -0.39 is 0 Å². The Morgan fingerprint density at radius 2 is 1.59 bits per heavy atom. The van der Waals surface area contributed by atoms with Crippen molar-refractivity contribution < 1.29 is 4.79 Å². The number of carbonyl (C=O) groups excluding carboxylic acids is 1. The number of fused-ring (bicyclic) bond motifs is 2. The Morgan fingerprint density at radius 1 is 0.889 bits per heavy atom. The molecule has 0 aromatic heterocycles. The van der Waals surface area contributed by atoms with Crippen molar-refractivity contribution in [2.75, 3.05) is 18.4 Å². The lowest BCUT2D eigenvalue weighted by atomic mass is 9.91. The van der Waals surface area contributed by atoms with Gasteiger partial charge < -0.3 is 10.2 Å². The highest BCUT2D eigenvalue weighted by atomic mass is 16.2. The van der Waals surface area contributed by atoms with Gasteiger partial charge in [0.05, 0.1) is 0 Å². The zero-order chi connectivity index (χ0) is 18.2. The summed E-state index contributed by atoms with van der Waals surface area (Å²) in [4.78, 5) is 17.3. The maximum absolute atomic E-state index is 12.7. The first kappa shape index (κ1) is 16.8. The molecular weight excluding hydrogens is 334 g/mol. The third kappa shape index (κ3) is 3.34. The molecule has 3 aliphatic rings. The van der Waals surface area contributed by atoms with E-state index in [2.05, 4.69) is 40.5 Å². The molecule has 2 aromatic rings. The molecule has 2 aliphatic heterocycles. The van der Waals surface area contributed by atoms with Crippen LogP contribution >= 0.6 is 0 Å². The Kier molecular flexibility index (Phi) is 4.36. The second-order valence-corrected chi connectivity index (χ2v) is 8.16. The van der Waals surface area contributed by atoms with Crippen molar-refractivity contribution in [1.29, 1.82) is 0 Å². The lowest BCUT2D eigenvalue weighted by Gasteiger charge is -2.36. The third-order valence-corrected chi connectivity index (χ3v) is 6.51. The first-order chi connectivity index (χ1) is 13.3. The maximum Gasteiger partial charge on any atom is 0.322 e. The number of rotatable bonds is 2. The second-order valence-electron chi connectivity index (χ2n) is 8.16. The van der Waals surface area contributed by atoms with Gasteiger partial charge in [0.15, 0.2) is 0 Å². The van der Waals surface area contributed by atoms with Crippen molar-refractivity contribution in [3.63, 3.8) is 0 Å². The summed E-state index contributed by atoms with van der Waals surface area (Å²) >= 11 is 0.